The fraction of sp³-hybridized carbons (Fsp3) is 0.241. The standard InChI is InChI=1S/C29H27N7O/c30-15-24-26-27(29(37)35(19-33-26)16-21-10-11-25-22(14-21)8-4-12-32-25)36(17-20-6-2-1-3-7-20)28(24)34-13-5-9-23(31)18-34/h1-4,6-8,10-12,14,19,23H,5,9,13,16-18,31H2/t23-/m0/s1. The van der Waals surface area contributed by atoms with Gasteiger partial charge in [-0.2, -0.15) is 5.26 Å². The monoisotopic (exact) mass is 489 g/mol. The lowest BCUT2D eigenvalue weighted by Gasteiger charge is -2.33. The Labute approximate surface area is 214 Å². The number of rotatable bonds is 5. The zero-order chi connectivity index (χ0) is 25.4. The molecule has 5 aromatic rings. The van der Waals surface area contributed by atoms with Crippen molar-refractivity contribution in [3.05, 3.63) is 100 Å². The summed E-state index contributed by atoms with van der Waals surface area (Å²) in [5, 5.41) is 11.2. The second-order valence-electron chi connectivity index (χ2n) is 9.64. The Hall–Kier alpha value is -4.48. The molecule has 2 aromatic carbocycles. The normalized spacial score (nSPS) is 15.8. The van der Waals surface area contributed by atoms with Crippen molar-refractivity contribution in [2.24, 2.45) is 5.73 Å². The van der Waals surface area contributed by atoms with Crippen LogP contribution in [0.2, 0.25) is 0 Å². The van der Waals surface area contributed by atoms with E-state index in [1.807, 2.05) is 65.2 Å². The number of hydrogen-bond acceptors (Lipinski definition) is 6. The molecule has 0 amide bonds. The molecule has 3 aromatic heterocycles. The van der Waals surface area contributed by atoms with E-state index in [9.17, 15) is 10.1 Å². The quantitative estimate of drug-likeness (QED) is 0.404. The van der Waals surface area contributed by atoms with Crippen molar-refractivity contribution in [2.75, 3.05) is 18.0 Å². The number of aromatic nitrogens is 4. The van der Waals surface area contributed by atoms with Gasteiger partial charge >= 0.3 is 0 Å². The molecule has 1 atom stereocenters. The van der Waals surface area contributed by atoms with E-state index in [-0.39, 0.29) is 11.6 Å². The van der Waals surface area contributed by atoms with Gasteiger partial charge in [-0.3, -0.25) is 14.3 Å². The number of nitriles is 1. The first kappa shape index (κ1) is 23.0. The van der Waals surface area contributed by atoms with Gasteiger partial charge in [0.25, 0.3) is 5.56 Å². The minimum Gasteiger partial charge on any atom is -0.355 e. The fourth-order valence-corrected chi connectivity index (χ4v) is 5.34. The van der Waals surface area contributed by atoms with Gasteiger partial charge in [-0.1, -0.05) is 42.5 Å². The molecule has 0 spiro atoms. The fourth-order valence-electron chi connectivity index (χ4n) is 5.34. The van der Waals surface area contributed by atoms with Gasteiger partial charge in [-0.25, -0.2) is 4.98 Å². The molecular formula is C29H27N7O. The van der Waals surface area contributed by atoms with E-state index in [2.05, 4.69) is 20.9 Å². The number of pyridine rings is 1. The van der Waals surface area contributed by atoms with Crippen molar-refractivity contribution in [1.82, 2.24) is 19.1 Å². The molecule has 2 N–H and O–H groups in total. The number of fused-ring (bicyclic) bond motifs is 2. The largest absolute Gasteiger partial charge is 0.355 e. The highest BCUT2D eigenvalue weighted by atomic mass is 16.1. The maximum absolute atomic E-state index is 14.0. The lowest BCUT2D eigenvalue weighted by Crippen LogP contribution is -2.44. The van der Waals surface area contributed by atoms with Crippen LogP contribution in [0.25, 0.3) is 21.9 Å². The first-order valence-corrected chi connectivity index (χ1v) is 12.5. The molecular weight excluding hydrogens is 462 g/mol. The molecule has 1 fully saturated rings. The highest BCUT2D eigenvalue weighted by molar-refractivity contribution is 5.89. The number of anilines is 1. The third-order valence-electron chi connectivity index (χ3n) is 7.07. The summed E-state index contributed by atoms with van der Waals surface area (Å²) >= 11 is 0. The SMILES string of the molecule is N#Cc1c(N2CCC[C@H](N)C2)n(Cc2ccccc2)c2c(=O)n(Cc3ccc4ncccc4c3)cnc12. The number of nitrogens with two attached hydrogens (primary N) is 1. The van der Waals surface area contributed by atoms with Crippen molar-refractivity contribution in [1.29, 1.82) is 5.26 Å². The van der Waals surface area contributed by atoms with Gasteiger partial charge in [0.05, 0.1) is 18.4 Å². The Balaban J connectivity index is 1.51. The highest BCUT2D eigenvalue weighted by Gasteiger charge is 2.28. The highest BCUT2D eigenvalue weighted by Crippen LogP contribution is 2.32. The van der Waals surface area contributed by atoms with Crippen molar-refractivity contribution in [3.8, 4) is 6.07 Å². The second kappa shape index (κ2) is 9.52. The topological polar surface area (TPSA) is 106 Å². The second-order valence-corrected chi connectivity index (χ2v) is 9.64. The predicted molar refractivity (Wildman–Crippen MR) is 145 cm³/mol. The molecule has 8 heteroatoms. The average Bonchev–Trinajstić information content (AvgIpc) is 3.24. The molecule has 0 unspecified atom stereocenters. The molecule has 0 aliphatic carbocycles. The zero-order valence-electron chi connectivity index (χ0n) is 20.4. The Bertz CT molecular complexity index is 1700. The van der Waals surface area contributed by atoms with Crippen LogP contribution < -0.4 is 16.2 Å². The Morgan fingerprint density at radius 3 is 2.70 bits per heavy atom. The van der Waals surface area contributed by atoms with Crippen LogP contribution in [0.5, 0.6) is 0 Å². The number of piperidine rings is 1. The first-order valence-electron chi connectivity index (χ1n) is 12.5. The number of benzene rings is 2. The zero-order valence-corrected chi connectivity index (χ0v) is 20.4. The molecule has 4 heterocycles. The van der Waals surface area contributed by atoms with E-state index in [0.717, 1.165) is 47.2 Å². The van der Waals surface area contributed by atoms with E-state index in [1.54, 1.807) is 17.1 Å². The predicted octanol–water partition coefficient (Wildman–Crippen LogP) is 3.64. The smallest absolute Gasteiger partial charge is 0.278 e. The summed E-state index contributed by atoms with van der Waals surface area (Å²) in [4.78, 5) is 25.2. The Morgan fingerprint density at radius 1 is 1.03 bits per heavy atom. The number of hydrogen-bond donors (Lipinski definition) is 1. The van der Waals surface area contributed by atoms with E-state index in [4.69, 9.17) is 5.73 Å². The van der Waals surface area contributed by atoms with E-state index in [1.165, 1.54) is 0 Å². The Kier molecular flexibility index (Phi) is 5.91. The Morgan fingerprint density at radius 2 is 1.89 bits per heavy atom. The first-order chi connectivity index (χ1) is 18.1. The molecule has 1 saturated heterocycles. The van der Waals surface area contributed by atoms with Crippen molar-refractivity contribution >= 4 is 27.8 Å². The summed E-state index contributed by atoms with van der Waals surface area (Å²) in [5.41, 5.74) is 10.4. The van der Waals surface area contributed by atoms with Gasteiger partial charge in [0.1, 0.15) is 28.5 Å². The van der Waals surface area contributed by atoms with Crippen LogP contribution >= 0.6 is 0 Å². The summed E-state index contributed by atoms with van der Waals surface area (Å²) in [6, 6.07) is 22.3. The molecule has 184 valence electrons. The van der Waals surface area contributed by atoms with Gasteiger partial charge in [-0.15, -0.1) is 0 Å². The van der Waals surface area contributed by atoms with Crippen LogP contribution in [0.4, 0.5) is 5.82 Å². The van der Waals surface area contributed by atoms with Crippen molar-refractivity contribution in [2.45, 2.75) is 32.0 Å². The van der Waals surface area contributed by atoms with Gasteiger partial charge in [-0.05, 0) is 42.2 Å². The van der Waals surface area contributed by atoms with Crippen LogP contribution in [-0.2, 0) is 13.1 Å². The van der Waals surface area contributed by atoms with Gasteiger partial charge in [0, 0.05) is 37.3 Å². The summed E-state index contributed by atoms with van der Waals surface area (Å²) < 4.78 is 3.59. The minimum atomic E-state index is -0.170. The van der Waals surface area contributed by atoms with Gasteiger partial charge in [0.2, 0.25) is 0 Å². The molecule has 0 radical (unpaired) electrons. The molecule has 8 nitrogen and oxygen atoms in total. The van der Waals surface area contributed by atoms with E-state index in [0.29, 0.717) is 36.2 Å². The minimum absolute atomic E-state index is 0.0236. The third kappa shape index (κ3) is 4.24. The molecule has 0 saturated carbocycles. The summed E-state index contributed by atoms with van der Waals surface area (Å²) in [7, 11) is 0. The summed E-state index contributed by atoms with van der Waals surface area (Å²) in [5.74, 6) is 0.732. The summed E-state index contributed by atoms with van der Waals surface area (Å²) in [6.45, 7) is 2.25. The molecule has 37 heavy (non-hydrogen) atoms. The third-order valence-corrected chi connectivity index (χ3v) is 7.07. The van der Waals surface area contributed by atoms with E-state index >= 15 is 0 Å². The molecule has 1 aliphatic rings. The maximum Gasteiger partial charge on any atom is 0.278 e. The van der Waals surface area contributed by atoms with Crippen LogP contribution in [0.3, 0.4) is 0 Å². The van der Waals surface area contributed by atoms with Crippen LogP contribution in [0.15, 0.2) is 78.0 Å². The van der Waals surface area contributed by atoms with Crippen LogP contribution in [0, 0.1) is 11.3 Å². The van der Waals surface area contributed by atoms with Gasteiger partial charge in [0.15, 0.2) is 0 Å². The van der Waals surface area contributed by atoms with Crippen LogP contribution in [0.1, 0.15) is 29.5 Å². The summed E-state index contributed by atoms with van der Waals surface area (Å²) in [6.07, 6.45) is 5.21. The van der Waals surface area contributed by atoms with Crippen LogP contribution in [-0.4, -0.2) is 38.2 Å². The lowest BCUT2D eigenvalue weighted by atomic mass is 10.1. The van der Waals surface area contributed by atoms with Gasteiger partial charge < -0.3 is 15.2 Å². The molecule has 1 aliphatic heterocycles. The van der Waals surface area contributed by atoms with E-state index < -0.39 is 0 Å². The number of nitrogens with zero attached hydrogens (tertiary/aromatic N) is 6. The lowest BCUT2D eigenvalue weighted by molar-refractivity contribution is 0.498. The average molecular weight is 490 g/mol. The molecule has 6 rings (SSSR count). The maximum atomic E-state index is 14.0. The van der Waals surface area contributed by atoms with Crippen molar-refractivity contribution < 1.29 is 0 Å². The van der Waals surface area contributed by atoms with Crippen molar-refractivity contribution in [3.63, 3.8) is 0 Å². The molecule has 0 bridgehead atoms.